The van der Waals surface area contributed by atoms with Gasteiger partial charge in [0.05, 0.1) is 29.3 Å². The summed E-state index contributed by atoms with van der Waals surface area (Å²) in [7, 11) is -2.39. The number of amides is 1. The van der Waals surface area contributed by atoms with Gasteiger partial charge in [-0.15, -0.1) is 0 Å². The van der Waals surface area contributed by atoms with E-state index in [4.69, 9.17) is 10.00 Å². The fourth-order valence-corrected chi connectivity index (χ4v) is 4.78. The molecule has 0 saturated heterocycles. The van der Waals surface area contributed by atoms with Crippen molar-refractivity contribution in [2.45, 2.75) is 25.2 Å². The van der Waals surface area contributed by atoms with Crippen LogP contribution in [0.2, 0.25) is 0 Å². The quantitative estimate of drug-likeness (QED) is 0.533. The molecule has 0 heterocycles. The molecule has 1 amide bonds. The number of sulfonamides is 1. The van der Waals surface area contributed by atoms with Crippen LogP contribution in [0.25, 0.3) is 0 Å². The van der Waals surface area contributed by atoms with Crippen LogP contribution in [0.3, 0.4) is 0 Å². The van der Waals surface area contributed by atoms with Crippen LogP contribution in [0.4, 0.5) is 11.4 Å². The molecule has 0 aromatic heterocycles. The molecule has 7 nitrogen and oxygen atoms in total. The van der Waals surface area contributed by atoms with Crippen molar-refractivity contribution < 1.29 is 17.9 Å². The predicted molar refractivity (Wildman–Crippen MR) is 128 cm³/mol. The van der Waals surface area contributed by atoms with E-state index < -0.39 is 10.0 Å². The summed E-state index contributed by atoms with van der Waals surface area (Å²) in [5.74, 6) is 0.233. The summed E-state index contributed by atoms with van der Waals surface area (Å²) in [4.78, 5) is 12.7. The Kier molecular flexibility index (Phi) is 7.36. The van der Waals surface area contributed by atoms with Crippen molar-refractivity contribution in [3.63, 3.8) is 0 Å². The minimum Gasteiger partial charge on any atom is -0.497 e. The molecule has 3 aromatic rings. The molecule has 3 aromatic carbocycles. The van der Waals surface area contributed by atoms with E-state index in [1.54, 1.807) is 66.7 Å². The first-order valence-electron chi connectivity index (χ1n) is 10.3. The minimum atomic E-state index is -3.92. The third kappa shape index (κ3) is 5.70. The van der Waals surface area contributed by atoms with E-state index in [0.717, 1.165) is 11.1 Å². The Bertz CT molecular complexity index is 1300. The number of hydrogen-bond acceptors (Lipinski definition) is 5. The molecule has 33 heavy (non-hydrogen) atoms. The molecule has 8 heteroatoms. The van der Waals surface area contributed by atoms with Crippen LogP contribution < -0.4 is 14.4 Å². The van der Waals surface area contributed by atoms with E-state index in [0.29, 0.717) is 22.7 Å². The zero-order valence-electron chi connectivity index (χ0n) is 18.7. The van der Waals surface area contributed by atoms with Crippen LogP contribution in [0.1, 0.15) is 23.1 Å². The number of benzene rings is 3. The van der Waals surface area contributed by atoms with Crippen LogP contribution in [0, 0.1) is 25.2 Å². The predicted octanol–water partition coefficient (Wildman–Crippen LogP) is 4.41. The Labute approximate surface area is 194 Å². The number of nitrogens with zero attached hydrogens (tertiary/aromatic N) is 2. The standard InChI is InChI=1S/C25H25N3O4S/c1-18-7-12-24(15-19(18)2)33(30,31)28(22-8-10-23(32-3)11-9-22)14-13-25(29)27-21-6-4-5-20(16-21)17-26/h4-12,15-16H,13-14H2,1-3H3,(H,27,29). The minimum absolute atomic E-state index is 0.0641. The number of methoxy groups -OCH3 is 1. The second kappa shape index (κ2) is 10.2. The molecule has 0 atom stereocenters. The van der Waals surface area contributed by atoms with Crippen LogP contribution in [-0.4, -0.2) is 28.0 Å². The molecule has 0 bridgehead atoms. The molecular weight excluding hydrogens is 438 g/mol. The molecule has 0 spiro atoms. The third-order valence-corrected chi connectivity index (χ3v) is 7.07. The van der Waals surface area contributed by atoms with Crippen LogP contribution in [0.15, 0.2) is 71.6 Å². The first kappa shape index (κ1) is 23.8. The largest absolute Gasteiger partial charge is 0.497 e. The number of nitrogens with one attached hydrogen (secondary N) is 1. The zero-order valence-corrected chi connectivity index (χ0v) is 19.5. The molecular formula is C25H25N3O4S. The molecule has 0 saturated carbocycles. The van der Waals surface area contributed by atoms with E-state index in [9.17, 15) is 13.2 Å². The molecule has 0 aliphatic heterocycles. The smallest absolute Gasteiger partial charge is 0.264 e. The summed E-state index contributed by atoms with van der Waals surface area (Å²) in [5, 5.41) is 11.7. The number of rotatable bonds is 8. The number of anilines is 2. The number of aryl methyl sites for hydroxylation is 2. The Morgan fingerprint density at radius 1 is 1.03 bits per heavy atom. The molecule has 0 aliphatic carbocycles. The van der Waals surface area contributed by atoms with Crippen LogP contribution in [0.5, 0.6) is 5.75 Å². The van der Waals surface area contributed by atoms with Crippen molar-refractivity contribution in [2.75, 3.05) is 23.3 Å². The topological polar surface area (TPSA) is 99.5 Å². The maximum atomic E-state index is 13.5. The average molecular weight is 464 g/mol. The first-order chi connectivity index (χ1) is 15.7. The summed E-state index contributed by atoms with van der Waals surface area (Å²) >= 11 is 0. The van der Waals surface area contributed by atoms with Crippen molar-refractivity contribution in [3.8, 4) is 11.8 Å². The first-order valence-corrected chi connectivity index (χ1v) is 11.7. The molecule has 0 unspecified atom stereocenters. The van der Waals surface area contributed by atoms with Gasteiger partial charge in [-0.3, -0.25) is 9.10 Å². The lowest BCUT2D eigenvalue weighted by atomic mass is 10.1. The van der Waals surface area contributed by atoms with Gasteiger partial charge in [0.1, 0.15) is 5.75 Å². The van der Waals surface area contributed by atoms with Gasteiger partial charge >= 0.3 is 0 Å². The van der Waals surface area contributed by atoms with E-state index in [1.807, 2.05) is 19.9 Å². The summed E-state index contributed by atoms with van der Waals surface area (Å²) in [6.07, 6.45) is -0.0765. The molecule has 170 valence electrons. The van der Waals surface area contributed by atoms with Gasteiger partial charge in [0.25, 0.3) is 10.0 Å². The van der Waals surface area contributed by atoms with Gasteiger partial charge in [-0.2, -0.15) is 5.26 Å². The van der Waals surface area contributed by atoms with Gasteiger partial charge in [-0.1, -0.05) is 12.1 Å². The normalized spacial score (nSPS) is 10.8. The van der Waals surface area contributed by atoms with Crippen molar-refractivity contribution in [1.82, 2.24) is 0 Å². The van der Waals surface area contributed by atoms with Gasteiger partial charge in [0.15, 0.2) is 0 Å². The summed E-state index contributed by atoms with van der Waals surface area (Å²) < 4.78 is 33.5. The van der Waals surface area contributed by atoms with Crippen molar-refractivity contribution in [3.05, 3.63) is 83.4 Å². The van der Waals surface area contributed by atoms with Crippen LogP contribution >= 0.6 is 0 Å². The number of carbonyl (C=O) groups is 1. The lowest BCUT2D eigenvalue weighted by Crippen LogP contribution is -2.34. The fourth-order valence-electron chi connectivity index (χ4n) is 3.23. The summed E-state index contributed by atoms with van der Waals surface area (Å²) in [6, 6.07) is 20.2. The monoisotopic (exact) mass is 463 g/mol. The van der Waals surface area contributed by atoms with Gasteiger partial charge < -0.3 is 10.1 Å². The van der Waals surface area contributed by atoms with Gasteiger partial charge in [0.2, 0.25) is 5.91 Å². The van der Waals surface area contributed by atoms with Gasteiger partial charge in [-0.05, 0) is 79.6 Å². The number of ether oxygens (including phenoxy) is 1. The van der Waals surface area contributed by atoms with Crippen molar-refractivity contribution in [2.24, 2.45) is 0 Å². The maximum Gasteiger partial charge on any atom is 0.264 e. The fraction of sp³-hybridized carbons (Fsp3) is 0.200. The highest BCUT2D eigenvalue weighted by Gasteiger charge is 2.26. The Morgan fingerprint density at radius 2 is 1.76 bits per heavy atom. The van der Waals surface area contributed by atoms with E-state index in [1.165, 1.54) is 11.4 Å². The summed E-state index contributed by atoms with van der Waals surface area (Å²) in [5.41, 5.74) is 3.18. The SMILES string of the molecule is COc1ccc(N(CCC(=O)Nc2cccc(C#N)c2)S(=O)(=O)c2ccc(C)c(C)c2)cc1. The molecule has 1 N–H and O–H groups in total. The van der Waals surface area contributed by atoms with Crippen molar-refractivity contribution in [1.29, 1.82) is 5.26 Å². The molecule has 0 fully saturated rings. The van der Waals surface area contributed by atoms with Crippen LogP contribution in [-0.2, 0) is 14.8 Å². The average Bonchev–Trinajstić information content (AvgIpc) is 2.81. The zero-order chi connectivity index (χ0) is 24.0. The third-order valence-electron chi connectivity index (χ3n) is 5.24. The lowest BCUT2D eigenvalue weighted by molar-refractivity contribution is -0.116. The molecule has 0 radical (unpaired) electrons. The number of carbonyl (C=O) groups excluding carboxylic acids is 1. The van der Waals surface area contributed by atoms with E-state index in [2.05, 4.69) is 5.32 Å². The number of nitriles is 1. The lowest BCUT2D eigenvalue weighted by Gasteiger charge is -2.25. The van der Waals surface area contributed by atoms with Crippen molar-refractivity contribution >= 4 is 27.3 Å². The summed E-state index contributed by atoms with van der Waals surface area (Å²) in [6.45, 7) is 3.71. The van der Waals surface area contributed by atoms with Gasteiger partial charge in [-0.25, -0.2) is 8.42 Å². The Morgan fingerprint density at radius 3 is 2.39 bits per heavy atom. The second-order valence-corrected chi connectivity index (χ2v) is 9.37. The van der Waals surface area contributed by atoms with Gasteiger partial charge in [0, 0.05) is 18.7 Å². The second-order valence-electron chi connectivity index (χ2n) is 7.51. The molecule has 3 rings (SSSR count). The Balaban J connectivity index is 1.87. The Hall–Kier alpha value is -3.83. The highest BCUT2D eigenvalue weighted by atomic mass is 32.2. The highest BCUT2D eigenvalue weighted by molar-refractivity contribution is 7.92. The van der Waals surface area contributed by atoms with E-state index in [-0.39, 0.29) is 23.8 Å². The highest BCUT2D eigenvalue weighted by Crippen LogP contribution is 2.27. The maximum absolute atomic E-state index is 13.5. The number of hydrogen-bond donors (Lipinski definition) is 1. The van der Waals surface area contributed by atoms with E-state index >= 15 is 0 Å². The molecule has 0 aliphatic rings.